The maximum absolute atomic E-state index is 13.6. The number of carbonyl (C=O) groups is 1. The Hall–Kier alpha value is -2.43. The molecule has 5 heteroatoms. The summed E-state index contributed by atoms with van der Waals surface area (Å²) in [5, 5.41) is 3.04. The number of nitrogens with one attached hydrogen (secondary N) is 1. The third kappa shape index (κ3) is 3.56. The fourth-order valence-corrected chi connectivity index (χ4v) is 1.91. The lowest BCUT2D eigenvalue weighted by Crippen LogP contribution is -2.06. The van der Waals surface area contributed by atoms with E-state index in [9.17, 15) is 13.6 Å². The van der Waals surface area contributed by atoms with E-state index in [4.69, 9.17) is 0 Å². The fraction of sp³-hybridized carbons (Fsp3) is 0.188. The van der Waals surface area contributed by atoms with Gasteiger partial charge in [-0.15, -0.1) is 0 Å². The summed E-state index contributed by atoms with van der Waals surface area (Å²) in [5.74, 6) is -1.66. The Balaban J connectivity index is 2.17. The number of ether oxygens (including phenoxy) is 1. The monoisotopic (exact) mass is 291 g/mol. The third-order valence-corrected chi connectivity index (χ3v) is 3.14. The highest BCUT2D eigenvalue weighted by Crippen LogP contribution is 2.19. The molecule has 0 aromatic heterocycles. The first kappa shape index (κ1) is 15.0. The van der Waals surface area contributed by atoms with Gasteiger partial charge in [0.15, 0.2) is 0 Å². The van der Waals surface area contributed by atoms with Gasteiger partial charge in [0.2, 0.25) is 0 Å². The molecule has 110 valence electrons. The van der Waals surface area contributed by atoms with Gasteiger partial charge in [0.05, 0.1) is 12.7 Å². The molecule has 0 saturated heterocycles. The minimum absolute atomic E-state index is 0.192. The average Bonchev–Trinajstić information content (AvgIpc) is 2.47. The second-order valence-electron chi connectivity index (χ2n) is 4.61. The number of benzene rings is 2. The summed E-state index contributed by atoms with van der Waals surface area (Å²) in [7, 11) is 1.31. The summed E-state index contributed by atoms with van der Waals surface area (Å²) >= 11 is 0. The first-order valence-electron chi connectivity index (χ1n) is 6.38. The molecule has 0 radical (unpaired) electrons. The number of anilines is 1. The van der Waals surface area contributed by atoms with Crippen LogP contribution < -0.4 is 5.32 Å². The Kier molecular flexibility index (Phi) is 4.52. The summed E-state index contributed by atoms with van der Waals surface area (Å²) in [5.41, 5.74) is 2.36. The normalized spacial score (nSPS) is 10.3. The van der Waals surface area contributed by atoms with Gasteiger partial charge in [-0.3, -0.25) is 0 Å². The average molecular weight is 291 g/mol. The van der Waals surface area contributed by atoms with Gasteiger partial charge >= 0.3 is 5.97 Å². The SMILES string of the molecule is COC(=O)c1ccc(C)c(NCc2ccc(F)cc2F)c1. The van der Waals surface area contributed by atoms with E-state index >= 15 is 0 Å². The lowest BCUT2D eigenvalue weighted by atomic mass is 10.1. The van der Waals surface area contributed by atoms with Crippen molar-refractivity contribution in [2.45, 2.75) is 13.5 Å². The molecule has 0 aliphatic heterocycles. The van der Waals surface area contributed by atoms with Crippen LogP contribution in [-0.2, 0) is 11.3 Å². The molecule has 0 heterocycles. The van der Waals surface area contributed by atoms with Gasteiger partial charge in [0, 0.05) is 23.9 Å². The number of esters is 1. The minimum Gasteiger partial charge on any atom is -0.465 e. The molecule has 0 atom stereocenters. The van der Waals surface area contributed by atoms with Crippen molar-refractivity contribution in [1.29, 1.82) is 0 Å². The van der Waals surface area contributed by atoms with Gasteiger partial charge < -0.3 is 10.1 Å². The van der Waals surface area contributed by atoms with E-state index in [1.54, 1.807) is 18.2 Å². The zero-order valence-corrected chi connectivity index (χ0v) is 11.7. The molecule has 0 aliphatic carbocycles. The van der Waals surface area contributed by atoms with Crippen LogP contribution in [0.3, 0.4) is 0 Å². The van der Waals surface area contributed by atoms with Crippen molar-refractivity contribution in [3.05, 3.63) is 64.7 Å². The van der Waals surface area contributed by atoms with Crippen LogP contribution in [0.1, 0.15) is 21.5 Å². The zero-order valence-electron chi connectivity index (χ0n) is 11.7. The minimum atomic E-state index is -0.611. The van der Waals surface area contributed by atoms with Crippen molar-refractivity contribution in [3.63, 3.8) is 0 Å². The predicted molar refractivity (Wildman–Crippen MR) is 76.2 cm³/mol. The zero-order chi connectivity index (χ0) is 15.4. The summed E-state index contributed by atoms with van der Waals surface area (Å²) in [6.07, 6.45) is 0. The molecular weight excluding hydrogens is 276 g/mol. The number of halogens is 2. The lowest BCUT2D eigenvalue weighted by molar-refractivity contribution is 0.0601. The Morgan fingerprint density at radius 3 is 2.62 bits per heavy atom. The molecule has 21 heavy (non-hydrogen) atoms. The molecular formula is C16H15F2NO2. The van der Waals surface area contributed by atoms with Crippen molar-refractivity contribution < 1.29 is 18.3 Å². The highest BCUT2D eigenvalue weighted by molar-refractivity contribution is 5.90. The van der Waals surface area contributed by atoms with Crippen LogP contribution in [0.2, 0.25) is 0 Å². The number of hydrogen-bond donors (Lipinski definition) is 1. The van der Waals surface area contributed by atoms with Crippen LogP contribution in [0.15, 0.2) is 36.4 Å². The summed E-state index contributed by atoms with van der Waals surface area (Å²) in [6, 6.07) is 8.51. The standard InChI is InChI=1S/C16H15F2NO2/c1-10-3-4-11(16(20)21-2)7-15(10)19-9-12-5-6-13(17)8-14(12)18/h3-8,19H,9H2,1-2H3. The fourth-order valence-electron chi connectivity index (χ4n) is 1.91. The first-order chi connectivity index (χ1) is 10.0. The quantitative estimate of drug-likeness (QED) is 0.873. The molecule has 3 nitrogen and oxygen atoms in total. The summed E-state index contributed by atoms with van der Waals surface area (Å²) in [4.78, 5) is 11.5. The molecule has 2 rings (SSSR count). The Labute approximate surface area is 121 Å². The van der Waals surface area contributed by atoms with Gasteiger partial charge in [-0.25, -0.2) is 13.6 Å². The number of aryl methyl sites for hydroxylation is 1. The van der Waals surface area contributed by atoms with E-state index in [1.165, 1.54) is 19.2 Å². The van der Waals surface area contributed by atoms with Crippen LogP contribution in [-0.4, -0.2) is 13.1 Å². The van der Waals surface area contributed by atoms with Crippen molar-refractivity contribution in [3.8, 4) is 0 Å². The van der Waals surface area contributed by atoms with Gasteiger partial charge in [-0.1, -0.05) is 12.1 Å². The van der Waals surface area contributed by atoms with E-state index in [0.29, 0.717) is 16.8 Å². The van der Waals surface area contributed by atoms with E-state index in [0.717, 1.165) is 11.6 Å². The Bertz CT molecular complexity index is 671. The van der Waals surface area contributed by atoms with Gasteiger partial charge in [0.1, 0.15) is 11.6 Å². The van der Waals surface area contributed by atoms with Crippen molar-refractivity contribution in [2.75, 3.05) is 12.4 Å². The summed E-state index contributed by atoms with van der Waals surface area (Å²) in [6.45, 7) is 2.06. The number of rotatable bonds is 4. The molecule has 0 unspecified atom stereocenters. The van der Waals surface area contributed by atoms with Crippen molar-refractivity contribution in [1.82, 2.24) is 0 Å². The molecule has 0 aliphatic rings. The maximum atomic E-state index is 13.6. The lowest BCUT2D eigenvalue weighted by Gasteiger charge is -2.11. The molecule has 0 spiro atoms. The van der Waals surface area contributed by atoms with Gasteiger partial charge in [-0.2, -0.15) is 0 Å². The smallest absolute Gasteiger partial charge is 0.337 e. The second kappa shape index (κ2) is 6.35. The van der Waals surface area contributed by atoms with Crippen LogP contribution in [0.25, 0.3) is 0 Å². The van der Waals surface area contributed by atoms with Crippen LogP contribution >= 0.6 is 0 Å². The van der Waals surface area contributed by atoms with Crippen LogP contribution in [0, 0.1) is 18.6 Å². The van der Waals surface area contributed by atoms with E-state index in [2.05, 4.69) is 10.1 Å². The Morgan fingerprint density at radius 1 is 1.19 bits per heavy atom. The number of hydrogen-bond acceptors (Lipinski definition) is 3. The number of methoxy groups -OCH3 is 1. The predicted octanol–water partition coefficient (Wildman–Crippen LogP) is 3.67. The van der Waals surface area contributed by atoms with Crippen LogP contribution in [0.5, 0.6) is 0 Å². The van der Waals surface area contributed by atoms with Crippen molar-refractivity contribution >= 4 is 11.7 Å². The molecule has 0 amide bonds. The van der Waals surface area contributed by atoms with E-state index in [-0.39, 0.29) is 6.54 Å². The topological polar surface area (TPSA) is 38.3 Å². The molecule has 2 aromatic carbocycles. The van der Waals surface area contributed by atoms with E-state index in [1.807, 2.05) is 6.92 Å². The highest BCUT2D eigenvalue weighted by Gasteiger charge is 2.09. The van der Waals surface area contributed by atoms with Crippen LogP contribution in [0.4, 0.5) is 14.5 Å². The molecule has 0 saturated carbocycles. The molecule has 0 bridgehead atoms. The Morgan fingerprint density at radius 2 is 1.95 bits per heavy atom. The molecule has 0 fully saturated rings. The second-order valence-corrected chi connectivity index (χ2v) is 4.61. The van der Waals surface area contributed by atoms with Gasteiger partial charge in [-0.05, 0) is 30.7 Å². The third-order valence-electron chi connectivity index (χ3n) is 3.14. The summed E-state index contributed by atoms with van der Waals surface area (Å²) < 4.78 is 31.1. The first-order valence-corrected chi connectivity index (χ1v) is 6.38. The van der Waals surface area contributed by atoms with Crippen molar-refractivity contribution in [2.24, 2.45) is 0 Å². The maximum Gasteiger partial charge on any atom is 0.337 e. The highest BCUT2D eigenvalue weighted by atomic mass is 19.1. The van der Waals surface area contributed by atoms with Gasteiger partial charge in [0.25, 0.3) is 0 Å². The largest absolute Gasteiger partial charge is 0.465 e. The van der Waals surface area contributed by atoms with E-state index < -0.39 is 17.6 Å². The number of carbonyl (C=O) groups excluding carboxylic acids is 1. The molecule has 1 N–H and O–H groups in total. The molecule has 2 aromatic rings.